The second-order valence-corrected chi connectivity index (χ2v) is 1.70. The van der Waals surface area contributed by atoms with Gasteiger partial charge in [0.25, 0.3) is 10.2 Å². The van der Waals surface area contributed by atoms with Crippen LogP contribution in [0.5, 0.6) is 0 Å². The fourth-order valence-corrected chi connectivity index (χ4v) is 0.271. The summed E-state index contributed by atoms with van der Waals surface area (Å²) in [7, 11) is 0. The van der Waals surface area contributed by atoms with Crippen LogP contribution in [0.25, 0.3) is 0 Å². The van der Waals surface area contributed by atoms with Gasteiger partial charge in [0.05, 0.1) is 13.2 Å². The lowest BCUT2D eigenvalue weighted by Crippen LogP contribution is -1.99. The third-order valence-electron chi connectivity index (χ3n) is 0.635. The van der Waals surface area contributed by atoms with Crippen molar-refractivity contribution < 1.29 is 19.8 Å². The largest absolute Gasteiger partial charge is 0.314 e. The first-order valence-electron chi connectivity index (χ1n) is 3.59. The van der Waals surface area contributed by atoms with Crippen molar-refractivity contribution in [3.05, 3.63) is 20.2 Å². The third-order valence-corrected chi connectivity index (χ3v) is 0.635. The highest BCUT2D eigenvalue weighted by Crippen LogP contribution is 1.77. The summed E-state index contributed by atoms with van der Waals surface area (Å²) in [4.78, 5) is 26.2. The minimum Gasteiger partial charge on any atom is -0.314 e. The van der Waals surface area contributed by atoms with Crippen molar-refractivity contribution in [2.75, 3.05) is 13.2 Å². The predicted molar refractivity (Wildman–Crippen MR) is 41.9 cm³/mol. The molecule has 0 aliphatic heterocycles. The molecular weight excluding hydrogens is 184 g/mol. The van der Waals surface area contributed by atoms with Crippen LogP contribution in [0.4, 0.5) is 0 Å². The second kappa shape index (κ2) is 10.4. The molecule has 0 amide bonds. The molecule has 0 radical (unpaired) electrons. The fraction of sp³-hybridized carbons (Fsp3) is 1.00. The monoisotopic (exact) mass is 196 g/mol. The standard InChI is InChI=1S/C3H7NO3.C2H5NO3/c1-2-3-7-4(5)6;1-2-6-3(4)5/h2-3H2,1H3;2H2,1H3. The molecule has 8 nitrogen and oxygen atoms in total. The average Bonchev–Trinajstić information content (AvgIpc) is 2.01. The molecule has 0 saturated carbocycles. The summed E-state index contributed by atoms with van der Waals surface area (Å²) in [6, 6.07) is 0. The molecule has 0 aromatic carbocycles. The van der Waals surface area contributed by atoms with E-state index in [0.717, 1.165) is 0 Å². The summed E-state index contributed by atoms with van der Waals surface area (Å²) in [6.45, 7) is 3.70. The van der Waals surface area contributed by atoms with E-state index in [9.17, 15) is 20.2 Å². The van der Waals surface area contributed by atoms with Gasteiger partial charge in [-0.05, 0) is 13.3 Å². The Bertz CT molecular complexity index is 150. The highest BCUT2D eigenvalue weighted by molar-refractivity contribution is 4.14. The van der Waals surface area contributed by atoms with Gasteiger partial charge in [0.1, 0.15) is 0 Å². The molecule has 8 heteroatoms. The lowest BCUT2D eigenvalue weighted by atomic mass is 10.5. The highest BCUT2D eigenvalue weighted by atomic mass is 17.0. The zero-order valence-electron chi connectivity index (χ0n) is 7.47. The molecule has 0 aromatic heterocycles. The topological polar surface area (TPSA) is 105 Å². The van der Waals surface area contributed by atoms with Crippen LogP contribution in [0.1, 0.15) is 20.3 Å². The summed E-state index contributed by atoms with van der Waals surface area (Å²) in [5.74, 6) is 0. The molecule has 0 spiro atoms. The Morgan fingerprint density at radius 2 is 1.54 bits per heavy atom. The van der Waals surface area contributed by atoms with E-state index in [1.165, 1.54) is 0 Å². The first kappa shape index (κ1) is 14.0. The Labute approximate surface area is 74.6 Å². The molecule has 0 N–H and O–H groups in total. The smallest absolute Gasteiger partial charge is 0.294 e. The summed E-state index contributed by atoms with van der Waals surface area (Å²) in [5, 5.41) is 16.9. The molecule has 0 heterocycles. The van der Waals surface area contributed by atoms with E-state index in [0.29, 0.717) is 6.42 Å². The van der Waals surface area contributed by atoms with Crippen molar-refractivity contribution in [3.63, 3.8) is 0 Å². The fourth-order valence-electron chi connectivity index (χ4n) is 0.271. The molecule has 0 atom stereocenters. The Balaban J connectivity index is 0. The summed E-state index contributed by atoms with van der Waals surface area (Å²) >= 11 is 0. The highest BCUT2D eigenvalue weighted by Gasteiger charge is 1.87. The lowest BCUT2D eigenvalue weighted by molar-refractivity contribution is -0.757. The van der Waals surface area contributed by atoms with Crippen molar-refractivity contribution in [1.82, 2.24) is 0 Å². The Hall–Kier alpha value is -1.60. The first-order chi connectivity index (χ1) is 6.04. The maximum atomic E-state index is 9.34. The normalized spacial score (nSPS) is 7.85. The van der Waals surface area contributed by atoms with Gasteiger partial charge in [-0.15, -0.1) is 20.2 Å². The predicted octanol–water partition coefficient (Wildman–Crippen LogP) is 0.819. The van der Waals surface area contributed by atoms with Gasteiger partial charge in [-0.1, -0.05) is 6.92 Å². The number of nitrogens with zero attached hydrogens (tertiary/aromatic N) is 2. The summed E-state index contributed by atoms with van der Waals surface area (Å²) in [5.41, 5.74) is 0. The lowest BCUT2D eigenvalue weighted by Gasteiger charge is -1.88. The van der Waals surface area contributed by atoms with Gasteiger partial charge in [-0.25, -0.2) is 0 Å². The summed E-state index contributed by atoms with van der Waals surface area (Å²) < 4.78 is 0. The maximum absolute atomic E-state index is 9.34. The van der Waals surface area contributed by atoms with E-state index < -0.39 is 10.2 Å². The molecule has 0 unspecified atom stereocenters. The molecule has 0 rings (SSSR count). The van der Waals surface area contributed by atoms with Gasteiger partial charge in [0.15, 0.2) is 0 Å². The van der Waals surface area contributed by atoms with E-state index in [4.69, 9.17) is 0 Å². The van der Waals surface area contributed by atoms with Crippen LogP contribution in [0.3, 0.4) is 0 Å². The minimum atomic E-state index is -0.819. The molecule has 0 aliphatic rings. The molecule has 78 valence electrons. The van der Waals surface area contributed by atoms with Crippen LogP contribution in [-0.2, 0) is 9.68 Å². The van der Waals surface area contributed by atoms with Gasteiger partial charge >= 0.3 is 0 Å². The van der Waals surface area contributed by atoms with Crippen LogP contribution in [-0.4, -0.2) is 23.4 Å². The summed E-state index contributed by atoms with van der Waals surface area (Å²) in [6.07, 6.45) is 0.682. The van der Waals surface area contributed by atoms with Crippen LogP contribution in [0.15, 0.2) is 0 Å². The zero-order valence-corrected chi connectivity index (χ0v) is 7.47. The Morgan fingerprint density at radius 1 is 1.08 bits per heavy atom. The van der Waals surface area contributed by atoms with Gasteiger partial charge in [-0.3, -0.25) is 0 Å². The van der Waals surface area contributed by atoms with Crippen LogP contribution >= 0.6 is 0 Å². The number of rotatable bonds is 5. The molecule has 13 heavy (non-hydrogen) atoms. The van der Waals surface area contributed by atoms with E-state index in [1.54, 1.807) is 6.92 Å². The van der Waals surface area contributed by atoms with E-state index >= 15 is 0 Å². The Kier molecular flexibility index (Phi) is 11.2. The third kappa shape index (κ3) is 25.2. The van der Waals surface area contributed by atoms with Crippen molar-refractivity contribution in [3.8, 4) is 0 Å². The molecular formula is C5H12N2O6. The quantitative estimate of drug-likeness (QED) is 0.476. The SMILES string of the molecule is CCCO[N+](=O)[O-].CCO[N+](=O)[O-]. The van der Waals surface area contributed by atoms with Crippen molar-refractivity contribution in [1.29, 1.82) is 0 Å². The average molecular weight is 196 g/mol. The van der Waals surface area contributed by atoms with Gasteiger partial charge in [0.2, 0.25) is 0 Å². The van der Waals surface area contributed by atoms with E-state index in [2.05, 4.69) is 9.68 Å². The molecule has 0 saturated heterocycles. The van der Waals surface area contributed by atoms with Crippen LogP contribution in [0, 0.1) is 20.2 Å². The van der Waals surface area contributed by atoms with E-state index in [1.807, 2.05) is 6.92 Å². The number of hydrogen-bond acceptors (Lipinski definition) is 6. The van der Waals surface area contributed by atoms with Gasteiger partial charge in [0, 0.05) is 0 Å². The van der Waals surface area contributed by atoms with Crippen molar-refractivity contribution in [2.45, 2.75) is 20.3 Å². The first-order valence-corrected chi connectivity index (χ1v) is 3.59. The van der Waals surface area contributed by atoms with Crippen molar-refractivity contribution >= 4 is 0 Å². The minimum absolute atomic E-state index is 0.132. The van der Waals surface area contributed by atoms with Crippen LogP contribution in [0.2, 0.25) is 0 Å². The van der Waals surface area contributed by atoms with E-state index in [-0.39, 0.29) is 13.2 Å². The molecule has 0 aliphatic carbocycles. The molecule has 0 fully saturated rings. The van der Waals surface area contributed by atoms with Crippen molar-refractivity contribution in [2.24, 2.45) is 0 Å². The Morgan fingerprint density at radius 3 is 1.62 bits per heavy atom. The maximum Gasteiger partial charge on any atom is 0.294 e. The molecule has 0 bridgehead atoms. The number of hydrogen-bond donors (Lipinski definition) is 0. The molecule has 0 aromatic rings. The zero-order chi connectivity index (χ0) is 10.7. The van der Waals surface area contributed by atoms with Crippen LogP contribution < -0.4 is 0 Å². The second-order valence-electron chi connectivity index (χ2n) is 1.70. The van der Waals surface area contributed by atoms with Gasteiger partial charge < -0.3 is 9.68 Å². The van der Waals surface area contributed by atoms with Gasteiger partial charge in [-0.2, -0.15) is 0 Å².